The highest BCUT2D eigenvalue weighted by Gasteiger charge is 2.78. The third-order valence-electron chi connectivity index (χ3n) is 3.83. The lowest BCUT2D eigenvalue weighted by molar-refractivity contribution is -0.252. The molecule has 2 nitrogen and oxygen atoms in total. The zero-order valence-electron chi connectivity index (χ0n) is 12.8. The SMILES string of the molecule is CCC1CC(C(=O)OC(C)(C)C)C(F)(F)C1(F)C(C)(F)F. The predicted octanol–water partition coefficient (Wildman–Crippen LogP) is 4.37. The number of esters is 1. The van der Waals surface area contributed by atoms with Crippen LogP contribution in [0.2, 0.25) is 0 Å². The molecule has 0 saturated heterocycles. The summed E-state index contributed by atoms with van der Waals surface area (Å²) in [6.45, 7) is 5.87. The highest BCUT2D eigenvalue weighted by atomic mass is 19.3. The van der Waals surface area contributed by atoms with E-state index in [4.69, 9.17) is 4.74 Å². The molecule has 0 amide bonds. The van der Waals surface area contributed by atoms with Crippen molar-refractivity contribution in [1.82, 2.24) is 0 Å². The van der Waals surface area contributed by atoms with Crippen LogP contribution in [0.5, 0.6) is 0 Å². The van der Waals surface area contributed by atoms with E-state index in [-0.39, 0.29) is 13.3 Å². The molecular formula is C14H21F5O2. The fraction of sp³-hybridized carbons (Fsp3) is 0.929. The molecule has 0 radical (unpaired) electrons. The van der Waals surface area contributed by atoms with Crippen LogP contribution in [-0.2, 0) is 9.53 Å². The minimum absolute atomic E-state index is 0.126. The lowest BCUT2D eigenvalue weighted by atomic mass is 9.83. The van der Waals surface area contributed by atoms with Gasteiger partial charge in [-0.25, -0.2) is 22.0 Å². The number of alkyl halides is 5. The molecule has 0 aromatic rings. The minimum atomic E-state index is -4.48. The zero-order chi connectivity index (χ0) is 16.9. The Bertz CT molecular complexity index is 411. The number of carbonyl (C=O) groups excluding carboxylic acids is 1. The molecule has 7 heteroatoms. The van der Waals surface area contributed by atoms with Crippen LogP contribution in [0.4, 0.5) is 22.0 Å². The standard InChI is InChI=1S/C14H21F5O2/c1-6-8-7-9(10(20)21-11(2,3)4)14(18,19)13(8,17)12(5,15)16/h8-9H,6-7H2,1-5H3. The van der Waals surface area contributed by atoms with Crippen molar-refractivity contribution >= 4 is 5.97 Å². The first-order chi connectivity index (χ1) is 9.18. The van der Waals surface area contributed by atoms with Crippen molar-refractivity contribution in [2.75, 3.05) is 0 Å². The average Bonchev–Trinajstić information content (AvgIpc) is 2.45. The molecule has 1 aliphatic rings. The number of carbonyl (C=O) groups is 1. The van der Waals surface area contributed by atoms with E-state index in [1.807, 2.05) is 0 Å². The van der Waals surface area contributed by atoms with Gasteiger partial charge in [0.15, 0.2) is 0 Å². The molecule has 0 aromatic carbocycles. The Kier molecular flexibility index (Phi) is 4.40. The van der Waals surface area contributed by atoms with Crippen LogP contribution in [0.3, 0.4) is 0 Å². The summed E-state index contributed by atoms with van der Waals surface area (Å²) >= 11 is 0. The van der Waals surface area contributed by atoms with Crippen molar-refractivity contribution < 1.29 is 31.5 Å². The summed E-state index contributed by atoms with van der Waals surface area (Å²) in [7, 11) is 0. The van der Waals surface area contributed by atoms with Crippen LogP contribution in [0, 0.1) is 11.8 Å². The maximum Gasteiger partial charge on any atom is 0.315 e. The van der Waals surface area contributed by atoms with E-state index in [0.29, 0.717) is 0 Å². The molecular weight excluding hydrogens is 295 g/mol. The molecule has 0 aromatic heterocycles. The van der Waals surface area contributed by atoms with Gasteiger partial charge in [-0.3, -0.25) is 4.79 Å². The first-order valence-electron chi connectivity index (χ1n) is 6.86. The topological polar surface area (TPSA) is 26.3 Å². The molecule has 3 atom stereocenters. The molecule has 1 rings (SSSR count). The summed E-state index contributed by atoms with van der Waals surface area (Å²) in [5.74, 6) is -13.9. The molecule has 0 aliphatic heterocycles. The summed E-state index contributed by atoms with van der Waals surface area (Å²) < 4.78 is 75.0. The van der Waals surface area contributed by atoms with Crippen LogP contribution >= 0.6 is 0 Å². The van der Waals surface area contributed by atoms with Crippen LogP contribution in [-0.4, -0.2) is 29.1 Å². The zero-order valence-corrected chi connectivity index (χ0v) is 12.8. The Morgan fingerprint density at radius 2 is 1.67 bits per heavy atom. The smallest absolute Gasteiger partial charge is 0.315 e. The summed E-state index contributed by atoms with van der Waals surface area (Å²) in [6, 6.07) is 0. The lowest BCUT2D eigenvalue weighted by Crippen LogP contribution is -2.58. The van der Waals surface area contributed by atoms with Gasteiger partial charge in [-0.15, -0.1) is 0 Å². The first-order valence-corrected chi connectivity index (χ1v) is 6.86. The summed E-state index contributed by atoms with van der Waals surface area (Å²) in [5.41, 5.74) is -5.10. The van der Waals surface area contributed by atoms with Crippen molar-refractivity contribution in [2.45, 2.75) is 70.6 Å². The van der Waals surface area contributed by atoms with E-state index >= 15 is 0 Å². The van der Waals surface area contributed by atoms with Gasteiger partial charge in [-0.05, 0) is 33.6 Å². The lowest BCUT2D eigenvalue weighted by Gasteiger charge is -2.37. The van der Waals surface area contributed by atoms with Crippen molar-refractivity contribution in [2.24, 2.45) is 11.8 Å². The van der Waals surface area contributed by atoms with Crippen LogP contribution < -0.4 is 0 Å². The summed E-state index contributed by atoms with van der Waals surface area (Å²) in [4.78, 5) is 11.8. The van der Waals surface area contributed by atoms with Gasteiger partial charge in [-0.1, -0.05) is 6.92 Å². The second-order valence-corrected chi connectivity index (χ2v) is 6.65. The third-order valence-corrected chi connectivity index (χ3v) is 3.83. The number of hydrogen-bond donors (Lipinski definition) is 0. The number of hydrogen-bond acceptors (Lipinski definition) is 2. The molecule has 124 valence electrons. The van der Waals surface area contributed by atoms with Gasteiger partial charge in [-0.2, -0.15) is 0 Å². The van der Waals surface area contributed by atoms with Gasteiger partial charge < -0.3 is 4.74 Å². The average molecular weight is 316 g/mol. The quantitative estimate of drug-likeness (QED) is 0.571. The van der Waals surface area contributed by atoms with Gasteiger partial charge in [0.25, 0.3) is 5.92 Å². The van der Waals surface area contributed by atoms with Crippen LogP contribution in [0.1, 0.15) is 47.5 Å². The molecule has 0 spiro atoms. The van der Waals surface area contributed by atoms with Crippen molar-refractivity contribution in [3.8, 4) is 0 Å². The van der Waals surface area contributed by atoms with Crippen LogP contribution in [0.15, 0.2) is 0 Å². The monoisotopic (exact) mass is 316 g/mol. The predicted molar refractivity (Wildman–Crippen MR) is 67.1 cm³/mol. The van der Waals surface area contributed by atoms with Gasteiger partial charge in [0, 0.05) is 12.8 Å². The van der Waals surface area contributed by atoms with Crippen LogP contribution in [0.25, 0.3) is 0 Å². The second kappa shape index (κ2) is 5.09. The maximum absolute atomic E-state index is 14.6. The number of rotatable bonds is 3. The van der Waals surface area contributed by atoms with Gasteiger partial charge in [0.05, 0.1) is 0 Å². The first kappa shape index (κ1) is 18.2. The number of halogens is 5. The molecule has 0 N–H and O–H groups in total. The summed E-state index contributed by atoms with van der Waals surface area (Å²) in [5, 5.41) is 0. The van der Waals surface area contributed by atoms with E-state index in [1.165, 1.54) is 27.7 Å². The van der Waals surface area contributed by atoms with E-state index in [1.54, 1.807) is 0 Å². The van der Waals surface area contributed by atoms with Gasteiger partial charge in [0.1, 0.15) is 11.5 Å². The normalized spacial score (nSPS) is 33.0. The highest BCUT2D eigenvalue weighted by molar-refractivity contribution is 5.75. The Hall–Kier alpha value is -0.880. The van der Waals surface area contributed by atoms with Gasteiger partial charge >= 0.3 is 11.9 Å². The van der Waals surface area contributed by atoms with E-state index < -0.39 is 47.3 Å². The Labute approximate surface area is 121 Å². The molecule has 1 saturated carbocycles. The Morgan fingerprint density at radius 3 is 1.95 bits per heavy atom. The fourth-order valence-corrected chi connectivity index (χ4v) is 2.84. The minimum Gasteiger partial charge on any atom is -0.460 e. The molecule has 3 unspecified atom stereocenters. The molecule has 0 heterocycles. The third kappa shape index (κ3) is 2.88. The highest BCUT2D eigenvalue weighted by Crippen LogP contribution is 2.61. The molecule has 1 aliphatic carbocycles. The Morgan fingerprint density at radius 1 is 1.19 bits per heavy atom. The number of ether oxygens (including phenoxy) is 1. The van der Waals surface area contributed by atoms with E-state index in [9.17, 15) is 26.7 Å². The molecule has 21 heavy (non-hydrogen) atoms. The fourth-order valence-electron chi connectivity index (χ4n) is 2.84. The van der Waals surface area contributed by atoms with Crippen molar-refractivity contribution in [3.05, 3.63) is 0 Å². The maximum atomic E-state index is 14.6. The van der Waals surface area contributed by atoms with Crippen molar-refractivity contribution in [1.29, 1.82) is 0 Å². The van der Waals surface area contributed by atoms with Crippen molar-refractivity contribution in [3.63, 3.8) is 0 Å². The van der Waals surface area contributed by atoms with E-state index in [0.717, 1.165) is 0 Å². The second-order valence-electron chi connectivity index (χ2n) is 6.65. The molecule has 1 fully saturated rings. The Balaban J connectivity index is 3.21. The van der Waals surface area contributed by atoms with E-state index in [2.05, 4.69) is 0 Å². The van der Waals surface area contributed by atoms with Gasteiger partial charge in [0.2, 0.25) is 5.67 Å². The molecule has 0 bridgehead atoms. The largest absolute Gasteiger partial charge is 0.460 e. The summed E-state index contributed by atoms with van der Waals surface area (Å²) in [6.07, 6.45) is -0.868.